The van der Waals surface area contributed by atoms with Crippen molar-refractivity contribution in [3.05, 3.63) is 0 Å². The molecular formula is C11H23NO3. The number of nitrogens with zero attached hydrogens (tertiary/aromatic N) is 1. The second kappa shape index (κ2) is 5.95. The fourth-order valence-electron chi connectivity index (χ4n) is 0.856. The quantitative estimate of drug-likeness (QED) is 0.725. The predicted octanol–water partition coefficient (Wildman–Crippen LogP) is 2.28. The fourth-order valence-corrected chi connectivity index (χ4v) is 0.856. The van der Waals surface area contributed by atoms with Crippen molar-refractivity contribution in [1.29, 1.82) is 0 Å². The van der Waals surface area contributed by atoms with E-state index in [-0.39, 0.29) is 12.2 Å². The minimum Gasteiger partial charge on any atom is -0.444 e. The van der Waals surface area contributed by atoms with Crippen molar-refractivity contribution in [1.82, 2.24) is 4.90 Å². The Morgan fingerprint density at radius 3 is 2.27 bits per heavy atom. The summed E-state index contributed by atoms with van der Waals surface area (Å²) in [6, 6.07) is 0. The van der Waals surface area contributed by atoms with Gasteiger partial charge in [-0.25, -0.2) is 4.79 Å². The lowest BCUT2D eigenvalue weighted by Gasteiger charge is -2.24. The van der Waals surface area contributed by atoms with E-state index in [1.165, 1.54) is 4.90 Å². The lowest BCUT2D eigenvalue weighted by molar-refractivity contribution is 0.0174. The van der Waals surface area contributed by atoms with E-state index in [1.807, 2.05) is 34.6 Å². The van der Waals surface area contributed by atoms with Crippen LogP contribution in [0.3, 0.4) is 0 Å². The first kappa shape index (κ1) is 14.2. The van der Waals surface area contributed by atoms with Gasteiger partial charge in [0.05, 0.1) is 12.7 Å². The molecule has 0 saturated heterocycles. The topological polar surface area (TPSA) is 38.8 Å². The van der Waals surface area contributed by atoms with Crippen molar-refractivity contribution in [2.75, 3.05) is 20.2 Å². The smallest absolute Gasteiger partial charge is 0.410 e. The normalized spacial score (nSPS) is 11.7. The van der Waals surface area contributed by atoms with E-state index in [2.05, 4.69) is 0 Å². The average Bonchev–Trinajstić information content (AvgIpc) is 1.99. The van der Waals surface area contributed by atoms with Crippen LogP contribution in [0, 0.1) is 0 Å². The zero-order valence-corrected chi connectivity index (χ0v) is 10.7. The minimum absolute atomic E-state index is 0.192. The molecule has 0 aliphatic heterocycles. The lowest BCUT2D eigenvalue weighted by Crippen LogP contribution is -2.36. The molecule has 0 saturated carbocycles. The highest BCUT2D eigenvalue weighted by Crippen LogP contribution is 2.08. The van der Waals surface area contributed by atoms with Gasteiger partial charge in [-0.15, -0.1) is 0 Å². The molecule has 0 radical (unpaired) electrons. The van der Waals surface area contributed by atoms with Crippen LogP contribution in [-0.2, 0) is 9.47 Å². The van der Waals surface area contributed by atoms with Crippen molar-refractivity contribution in [3.8, 4) is 0 Å². The van der Waals surface area contributed by atoms with Gasteiger partial charge in [-0.2, -0.15) is 0 Å². The molecule has 4 nitrogen and oxygen atoms in total. The highest BCUT2D eigenvalue weighted by atomic mass is 16.6. The van der Waals surface area contributed by atoms with E-state index in [9.17, 15) is 4.79 Å². The molecule has 0 atom stereocenters. The van der Waals surface area contributed by atoms with Gasteiger partial charge < -0.3 is 14.4 Å². The number of rotatable bonds is 4. The van der Waals surface area contributed by atoms with Crippen LogP contribution >= 0.6 is 0 Å². The summed E-state index contributed by atoms with van der Waals surface area (Å²) in [5.41, 5.74) is -0.440. The zero-order valence-electron chi connectivity index (χ0n) is 10.7. The number of ether oxygens (including phenoxy) is 2. The summed E-state index contributed by atoms with van der Waals surface area (Å²) in [5.74, 6) is 0. The summed E-state index contributed by atoms with van der Waals surface area (Å²) in [4.78, 5) is 13.0. The van der Waals surface area contributed by atoms with Crippen LogP contribution in [0.25, 0.3) is 0 Å². The molecule has 0 aromatic heterocycles. The minimum atomic E-state index is -0.440. The molecule has 0 rings (SSSR count). The Bertz CT molecular complexity index is 196. The van der Waals surface area contributed by atoms with Crippen LogP contribution in [0.2, 0.25) is 0 Å². The van der Waals surface area contributed by atoms with Crippen LogP contribution in [-0.4, -0.2) is 42.9 Å². The molecule has 0 aliphatic rings. The Morgan fingerprint density at radius 1 is 1.33 bits per heavy atom. The van der Waals surface area contributed by atoms with E-state index in [4.69, 9.17) is 9.47 Å². The summed E-state index contributed by atoms with van der Waals surface area (Å²) in [6.45, 7) is 10.6. The van der Waals surface area contributed by atoms with Gasteiger partial charge in [-0.1, -0.05) is 0 Å². The molecule has 0 heterocycles. The first-order valence-electron chi connectivity index (χ1n) is 5.28. The van der Waals surface area contributed by atoms with Crippen LogP contribution in [0.5, 0.6) is 0 Å². The number of hydrogen-bond acceptors (Lipinski definition) is 3. The summed E-state index contributed by atoms with van der Waals surface area (Å²) in [6.07, 6.45) is -0.119. The van der Waals surface area contributed by atoms with E-state index in [0.29, 0.717) is 13.2 Å². The molecule has 0 fully saturated rings. The standard InChI is InChI=1S/C11H23NO3/c1-9(2)14-8-7-12(6)10(13)15-11(3,4)5/h9H,7-8H2,1-6H3. The van der Waals surface area contributed by atoms with Gasteiger partial charge in [0.2, 0.25) is 0 Å². The van der Waals surface area contributed by atoms with Crippen molar-refractivity contribution >= 4 is 6.09 Å². The van der Waals surface area contributed by atoms with Gasteiger partial charge in [0, 0.05) is 13.6 Å². The molecule has 15 heavy (non-hydrogen) atoms. The Labute approximate surface area is 92.5 Å². The van der Waals surface area contributed by atoms with Gasteiger partial charge >= 0.3 is 6.09 Å². The molecule has 0 bridgehead atoms. The van der Waals surface area contributed by atoms with Gasteiger partial charge in [-0.3, -0.25) is 0 Å². The Kier molecular flexibility index (Phi) is 5.65. The first-order chi connectivity index (χ1) is 6.72. The van der Waals surface area contributed by atoms with Crippen molar-refractivity contribution in [2.24, 2.45) is 0 Å². The first-order valence-corrected chi connectivity index (χ1v) is 5.28. The Morgan fingerprint density at radius 2 is 1.87 bits per heavy atom. The summed E-state index contributed by atoms with van der Waals surface area (Å²) in [5, 5.41) is 0. The lowest BCUT2D eigenvalue weighted by atomic mass is 10.2. The Balaban J connectivity index is 3.80. The number of carbonyl (C=O) groups is 1. The van der Waals surface area contributed by atoms with E-state index < -0.39 is 5.60 Å². The van der Waals surface area contributed by atoms with Gasteiger partial charge in [0.1, 0.15) is 5.60 Å². The molecule has 0 N–H and O–H groups in total. The average molecular weight is 217 g/mol. The molecule has 0 unspecified atom stereocenters. The van der Waals surface area contributed by atoms with Crippen LogP contribution in [0.1, 0.15) is 34.6 Å². The number of likely N-dealkylation sites (N-methyl/N-ethyl adjacent to an activating group) is 1. The molecule has 4 heteroatoms. The number of carbonyl (C=O) groups excluding carboxylic acids is 1. The van der Waals surface area contributed by atoms with Crippen LogP contribution < -0.4 is 0 Å². The van der Waals surface area contributed by atoms with Crippen LogP contribution in [0.15, 0.2) is 0 Å². The maximum atomic E-state index is 11.5. The maximum absolute atomic E-state index is 11.5. The highest BCUT2D eigenvalue weighted by Gasteiger charge is 2.19. The third-order valence-corrected chi connectivity index (χ3v) is 1.58. The molecule has 0 aromatic rings. The van der Waals surface area contributed by atoms with Gasteiger partial charge in [0.15, 0.2) is 0 Å². The second-order valence-electron chi connectivity index (χ2n) is 4.82. The van der Waals surface area contributed by atoms with Gasteiger partial charge in [-0.05, 0) is 34.6 Å². The predicted molar refractivity (Wildman–Crippen MR) is 60.0 cm³/mol. The summed E-state index contributed by atoms with van der Waals surface area (Å²) < 4.78 is 10.5. The molecule has 0 spiro atoms. The molecule has 0 aliphatic carbocycles. The third-order valence-electron chi connectivity index (χ3n) is 1.58. The van der Waals surface area contributed by atoms with Crippen molar-refractivity contribution in [3.63, 3.8) is 0 Å². The Hall–Kier alpha value is -0.770. The zero-order chi connectivity index (χ0) is 12.1. The summed E-state index contributed by atoms with van der Waals surface area (Å²) in [7, 11) is 1.71. The second-order valence-corrected chi connectivity index (χ2v) is 4.82. The third kappa shape index (κ3) is 8.24. The summed E-state index contributed by atoms with van der Waals surface area (Å²) >= 11 is 0. The van der Waals surface area contributed by atoms with Crippen LogP contribution in [0.4, 0.5) is 4.79 Å². The monoisotopic (exact) mass is 217 g/mol. The number of amides is 1. The number of hydrogen-bond donors (Lipinski definition) is 0. The van der Waals surface area contributed by atoms with E-state index in [1.54, 1.807) is 7.05 Å². The maximum Gasteiger partial charge on any atom is 0.410 e. The molecule has 90 valence electrons. The van der Waals surface area contributed by atoms with E-state index >= 15 is 0 Å². The van der Waals surface area contributed by atoms with Crippen molar-refractivity contribution < 1.29 is 14.3 Å². The van der Waals surface area contributed by atoms with Gasteiger partial charge in [0.25, 0.3) is 0 Å². The molecule has 1 amide bonds. The van der Waals surface area contributed by atoms with E-state index in [0.717, 1.165) is 0 Å². The highest BCUT2D eigenvalue weighted by molar-refractivity contribution is 5.67. The SMILES string of the molecule is CC(C)OCCN(C)C(=O)OC(C)(C)C. The fraction of sp³-hybridized carbons (Fsp3) is 0.909. The largest absolute Gasteiger partial charge is 0.444 e. The molecular weight excluding hydrogens is 194 g/mol. The van der Waals surface area contributed by atoms with Crippen molar-refractivity contribution in [2.45, 2.75) is 46.3 Å². The molecule has 0 aromatic carbocycles.